The first kappa shape index (κ1) is 15.6. The Morgan fingerprint density at radius 3 is 1.60 bits per heavy atom. The molecule has 3 nitrogen and oxygen atoms in total. The first-order valence-corrected chi connectivity index (χ1v) is 15.3. The molecule has 1 unspecified atom stereocenters. The number of halogens is 5. The Balaban J connectivity index is 3.58. The van der Waals surface area contributed by atoms with Crippen LogP contribution in [0.25, 0.3) is 0 Å². The van der Waals surface area contributed by atoms with E-state index < -0.39 is 16.7 Å². The zero-order chi connectivity index (χ0) is 12.1. The summed E-state index contributed by atoms with van der Waals surface area (Å²) in [5.41, 5.74) is 0. The molecule has 15 heavy (non-hydrogen) atoms. The molecular formula is C4H9Cl4IN3P3. The molecule has 0 amide bonds. The van der Waals surface area contributed by atoms with E-state index in [1.807, 2.05) is 20.8 Å². The van der Waals surface area contributed by atoms with E-state index in [0.717, 1.165) is 0 Å². The molecule has 0 aromatic carbocycles. The summed E-state index contributed by atoms with van der Waals surface area (Å²) < 4.78 is 12.7. The van der Waals surface area contributed by atoms with Gasteiger partial charge in [-0.05, 0) is 67.0 Å². The van der Waals surface area contributed by atoms with Crippen LogP contribution in [-0.2, 0) is 0 Å². The minimum absolute atomic E-state index is 0.159. The molecule has 0 N–H and O–H groups in total. The molecule has 0 saturated carbocycles. The molecule has 0 aromatic rings. The molecule has 0 aliphatic carbocycles. The summed E-state index contributed by atoms with van der Waals surface area (Å²) in [6.45, 7) is 6.06. The smallest absolute Gasteiger partial charge is 0.203 e. The van der Waals surface area contributed by atoms with Gasteiger partial charge in [0.15, 0.2) is 0 Å². The number of rotatable bonds is 0. The van der Waals surface area contributed by atoms with Gasteiger partial charge in [-0.1, -0.05) is 20.8 Å². The summed E-state index contributed by atoms with van der Waals surface area (Å²) in [6, 6.07) is 0. The molecule has 0 fully saturated rings. The highest BCUT2D eigenvalue weighted by atomic mass is 127. The van der Waals surface area contributed by atoms with E-state index in [9.17, 15) is 0 Å². The van der Waals surface area contributed by atoms with Gasteiger partial charge in [0, 0.05) is 5.16 Å². The molecule has 1 aliphatic heterocycles. The summed E-state index contributed by atoms with van der Waals surface area (Å²) in [7, 11) is 0. The molecule has 1 heterocycles. The predicted molar refractivity (Wildman–Crippen MR) is 85.2 cm³/mol. The van der Waals surface area contributed by atoms with Gasteiger partial charge in [-0.3, -0.25) is 0 Å². The number of hydrogen-bond donors (Lipinski definition) is 0. The van der Waals surface area contributed by atoms with E-state index in [-0.39, 0.29) is 5.16 Å². The molecule has 0 radical (unpaired) electrons. The van der Waals surface area contributed by atoms with E-state index in [4.69, 9.17) is 45.0 Å². The highest BCUT2D eigenvalue weighted by molar-refractivity contribution is 14.2. The third-order valence-corrected chi connectivity index (χ3v) is 21.3. The monoisotopic (exact) mass is 459 g/mol. The van der Waals surface area contributed by atoms with Crippen LogP contribution in [0.3, 0.4) is 0 Å². The quantitative estimate of drug-likeness (QED) is 0.258. The first-order chi connectivity index (χ1) is 6.37. The van der Waals surface area contributed by atoms with Crippen molar-refractivity contribution in [2.75, 3.05) is 0 Å². The SMILES string of the molecule is CC(C)(C)P1(I)=NP(Cl)(Cl)=NP(Cl)(Cl)=N1. The highest BCUT2D eigenvalue weighted by Gasteiger charge is 2.39. The maximum atomic E-state index is 6.01. The van der Waals surface area contributed by atoms with Crippen LogP contribution in [0.4, 0.5) is 0 Å². The summed E-state index contributed by atoms with van der Waals surface area (Å²) >= 11 is 26.2. The van der Waals surface area contributed by atoms with Crippen molar-refractivity contribution < 1.29 is 0 Å². The highest BCUT2D eigenvalue weighted by Crippen LogP contribution is 2.89. The van der Waals surface area contributed by atoms with Crippen molar-refractivity contribution in [3.8, 4) is 0 Å². The van der Waals surface area contributed by atoms with Gasteiger partial charge in [0.25, 0.3) is 11.8 Å². The van der Waals surface area contributed by atoms with E-state index in [1.54, 1.807) is 0 Å². The van der Waals surface area contributed by atoms with Crippen LogP contribution < -0.4 is 0 Å². The third kappa shape index (κ3) is 4.03. The van der Waals surface area contributed by atoms with Crippen LogP contribution >= 0.6 is 83.7 Å². The van der Waals surface area contributed by atoms with Crippen LogP contribution in [0, 0.1) is 0 Å². The standard InChI is InChI=1S/C4H9Cl4IN3P3/c1-4(2,3)13(9)10-14(5,6)12-15(7,8)11-13/h1-3H3. The van der Waals surface area contributed by atoms with Gasteiger partial charge in [-0.15, -0.1) is 0 Å². The lowest BCUT2D eigenvalue weighted by molar-refractivity contribution is 0.787. The molecule has 90 valence electrons. The van der Waals surface area contributed by atoms with Crippen LogP contribution in [0.1, 0.15) is 20.8 Å². The third-order valence-electron chi connectivity index (χ3n) is 1.52. The second kappa shape index (κ2) is 4.60. The van der Waals surface area contributed by atoms with E-state index >= 15 is 0 Å². The molecule has 0 saturated heterocycles. The van der Waals surface area contributed by atoms with Crippen molar-refractivity contribution in [3.05, 3.63) is 0 Å². The van der Waals surface area contributed by atoms with Gasteiger partial charge in [-0.2, -0.15) is 4.52 Å². The molecule has 1 atom stereocenters. The fourth-order valence-corrected chi connectivity index (χ4v) is 25.0. The summed E-state index contributed by atoms with van der Waals surface area (Å²) in [4.78, 5) is -2.09. The Morgan fingerprint density at radius 2 is 1.27 bits per heavy atom. The van der Waals surface area contributed by atoms with Crippen molar-refractivity contribution in [1.29, 1.82) is 0 Å². The molecule has 0 bridgehead atoms. The topological polar surface area (TPSA) is 37.1 Å². The number of hydrogen-bond acceptors (Lipinski definition) is 3. The van der Waals surface area contributed by atoms with Crippen LogP contribution in [-0.4, -0.2) is 5.16 Å². The Kier molecular flexibility index (Phi) is 4.79. The summed E-state index contributed by atoms with van der Waals surface area (Å²) in [6.07, 6.45) is 0. The van der Waals surface area contributed by atoms with Crippen LogP contribution in [0.2, 0.25) is 0 Å². The molecule has 0 aromatic heterocycles. The van der Waals surface area contributed by atoms with Crippen molar-refractivity contribution in [2.45, 2.75) is 25.9 Å². The molecule has 1 rings (SSSR count). The number of nitrogens with zero attached hydrogens (tertiary/aromatic N) is 3. The van der Waals surface area contributed by atoms with Crippen molar-refractivity contribution in [1.82, 2.24) is 0 Å². The van der Waals surface area contributed by atoms with Gasteiger partial charge >= 0.3 is 0 Å². The van der Waals surface area contributed by atoms with Crippen molar-refractivity contribution >= 4 is 83.7 Å². The Bertz CT molecular complexity index is 433. The Morgan fingerprint density at radius 1 is 0.867 bits per heavy atom. The van der Waals surface area contributed by atoms with E-state index in [0.29, 0.717) is 0 Å². The predicted octanol–water partition coefficient (Wildman–Crippen LogP) is 8.11. The molecule has 1 aliphatic rings. The van der Waals surface area contributed by atoms with Gasteiger partial charge in [0.2, 0.25) is 0 Å². The molecular weight excluding hydrogens is 452 g/mol. The zero-order valence-corrected chi connectivity index (χ0v) is 15.9. The summed E-state index contributed by atoms with van der Waals surface area (Å²) in [5, 5.41) is -0.159. The fraction of sp³-hybridized carbons (Fsp3) is 1.00. The fourth-order valence-electron chi connectivity index (χ4n) is 0.737. The van der Waals surface area contributed by atoms with Gasteiger partial charge in [0.1, 0.15) is 4.85 Å². The minimum atomic E-state index is -2.75. The average Bonchev–Trinajstić information content (AvgIpc) is 1.72. The molecule has 11 heteroatoms. The van der Waals surface area contributed by atoms with E-state index in [1.165, 1.54) is 0 Å². The second-order valence-electron chi connectivity index (χ2n) is 3.88. The van der Waals surface area contributed by atoms with Crippen LogP contribution in [0.15, 0.2) is 13.5 Å². The maximum Gasteiger partial charge on any atom is 0.256 e. The lowest BCUT2D eigenvalue weighted by Gasteiger charge is -2.32. The minimum Gasteiger partial charge on any atom is -0.203 e. The maximum absolute atomic E-state index is 6.01. The Labute approximate surface area is 122 Å². The van der Waals surface area contributed by atoms with Gasteiger partial charge < -0.3 is 0 Å². The average molecular weight is 461 g/mol. The Hall–Kier alpha value is 2.58. The zero-order valence-electron chi connectivity index (χ0n) is 8.07. The second-order valence-corrected chi connectivity index (χ2v) is 21.0. The normalized spacial score (nSPS) is 33.6. The summed E-state index contributed by atoms with van der Waals surface area (Å²) in [5.74, 6) is -5.50. The lowest BCUT2D eigenvalue weighted by atomic mass is 10.3. The van der Waals surface area contributed by atoms with Crippen LogP contribution in [0.5, 0.6) is 0 Å². The van der Waals surface area contributed by atoms with Gasteiger partial charge in [0.05, 0.1) is 0 Å². The first-order valence-electron chi connectivity index (χ1n) is 3.77. The lowest BCUT2D eigenvalue weighted by Crippen LogP contribution is -2.09. The largest absolute Gasteiger partial charge is 0.256 e. The van der Waals surface area contributed by atoms with E-state index in [2.05, 4.69) is 35.6 Å². The van der Waals surface area contributed by atoms with Crippen molar-refractivity contribution in [3.63, 3.8) is 0 Å². The van der Waals surface area contributed by atoms with Crippen molar-refractivity contribution in [2.24, 2.45) is 13.5 Å². The molecule has 0 spiro atoms. The van der Waals surface area contributed by atoms with Gasteiger partial charge in [-0.25, -0.2) is 9.03 Å².